The van der Waals surface area contributed by atoms with Crippen molar-refractivity contribution in [3.8, 4) is 0 Å². The van der Waals surface area contributed by atoms with Crippen LogP contribution in [0, 0.1) is 6.92 Å². The van der Waals surface area contributed by atoms with Crippen LogP contribution in [-0.4, -0.2) is 26.1 Å². The summed E-state index contributed by atoms with van der Waals surface area (Å²) in [7, 11) is 0. The molecule has 0 aromatic carbocycles. The van der Waals surface area contributed by atoms with Gasteiger partial charge in [0, 0.05) is 0 Å². The summed E-state index contributed by atoms with van der Waals surface area (Å²) in [4.78, 5) is 20.5. The quantitative estimate of drug-likeness (QED) is 0.856. The standard InChI is InChI=1S/C12H11Br2N5O/c1-3-8-7(4-6(2)18-19-8)12(20)17-11-10(14)16-9(13)5-15-11/h4-5H,3H2,1-2H3,(H,15,17,20). The maximum absolute atomic E-state index is 12.3. The largest absolute Gasteiger partial charge is 0.304 e. The molecule has 0 saturated heterocycles. The van der Waals surface area contributed by atoms with Gasteiger partial charge in [-0.25, -0.2) is 9.97 Å². The molecule has 2 heterocycles. The minimum Gasteiger partial charge on any atom is -0.304 e. The second-order valence-corrected chi connectivity index (χ2v) is 5.55. The Balaban J connectivity index is 2.30. The third-order valence-corrected chi connectivity index (χ3v) is 3.44. The number of rotatable bonds is 3. The molecule has 20 heavy (non-hydrogen) atoms. The number of halogens is 2. The van der Waals surface area contributed by atoms with E-state index >= 15 is 0 Å². The highest BCUT2D eigenvalue weighted by Gasteiger charge is 2.15. The van der Waals surface area contributed by atoms with E-state index in [1.54, 1.807) is 13.0 Å². The maximum Gasteiger partial charge on any atom is 0.258 e. The van der Waals surface area contributed by atoms with Gasteiger partial charge >= 0.3 is 0 Å². The number of amides is 1. The third-order valence-electron chi connectivity index (χ3n) is 2.50. The Kier molecular flexibility index (Phi) is 4.77. The van der Waals surface area contributed by atoms with E-state index in [0.29, 0.717) is 38.4 Å². The molecular weight excluding hydrogens is 390 g/mol. The summed E-state index contributed by atoms with van der Waals surface area (Å²) < 4.78 is 1.04. The zero-order valence-electron chi connectivity index (χ0n) is 10.8. The van der Waals surface area contributed by atoms with Crippen molar-refractivity contribution in [3.05, 3.63) is 38.4 Å². The lowest BCUT2D eigenvalue weighted by Gasteiger charge is -2.09. The predicted molar refractivity (Wildman–Crippen MR) is 81.5 cm³/mol. The molecule has 0 saturated carbocycles. The number of nitrogens with one attached hydrogen (secondary N) is 1. The molecule has 0 spiro atoms. The normalized spacial score (nSPS) is 10.4. The Hall–Kier alpha value is -1.41. The van der Waals surface area contributed by atoms with Crippen LogP contribution in [0.3, 0.4) is 0 Å². The molecule has 0 atom stereocenters. The molecule has 2 aromatic heterocycles. The number of anilines is 1. The molecule has 104 valence electrons. The Bertz CT molecular complexity index is 662. The topological polar surface area (TPSA) is 80.7 Å². The van der Waals surface area contributed by atoms with E-state index in [-0.39, 0.29) is 5.91 Å². The molecule has 1 N–H and O–H groups in total. The molecule has 2 rings (SSSR count). The van der Waals surface area contributed by atoms with Crippen molar-refractivity contribution in [2.45, 2.75) is 20.3 Å². The Morgan fingerprint density at radius 2 is 2.10 bits per heavy atom. The van der Waals surface area contributed by atoms with E-state index in [1.165, 1.54) is 6.20 Å². The number of hydrogen-bond acceptors (Lipinski definition) is 5. The highest BCUT2D eigenvalue weighted by atomic mass is 79.9. The van der Waals surface area contributed by atoms with Gasteiger partial charge in [0.05, 0.1) is 23.1 Å². The molecule has 0 unspecified atom stereocenters. The van der Waals surface area contributed by atoms with Crippen molar-refractivity contribution >= 4 is 43.6 Å². The SMILES string of the molecule is CCc1nnc(C)cc1C(=O)Nc1ncc(Br)nc1Br. The minimum atomic E-state index is -0.280. The first-order valence-electron chi connectivity index (χ1n) is 5.84. The molecule has 0 aliphatic carbocycles. The van der Waals surface area contributed by atoms with Crippen molar-refractivity contribution < 1.29 is 4.79 Å². The van der Waals surface area contributed by atoms with Gasteiger partial charge < -0.3 is 5.32 Å². The summed E-state index contributed by atoms with van der Waals surface area (Å²) >= 11 is 6.46. The Morgan fingerprint density at radius 3 is 2.75 bits per heavy atom. The van der Waals surface area contributed by atoms with Crippen LogP contribution in [0.15, 0.2) is 21.5 Å². The molecule has 0 fully saturated rings. The monoisotopic (exact) mass is 399 g/mol. The molecule has 1 amide bonds. The van der Waals surface area contributed by atoms with Gasteiger partial charge in [-0.2, -0.15) is 10.2 Å². The van der Waals surface area contributed by atoms with E-state index in [9.17, 15) is 4.79 Å². The first-order chi connectivity index (χ1) is 9.51. The van der Waals surface area contributed by atoms with E-state index in [4.69, 9.17) is 0 Å². The number of nitrogens with zero attached hydrogens (tertiary/aromatic N) is 4. The van der Waals surface area contributed by atoms with E-state index < -0.39 is 0 Å². The van der Waals surface area contributed by atoms with Crippen LogP contribution in [0.1, 0.15) is 28.7 Å². The van der Waals surface area contributed by atoms with Crippen molar-refractivity contribution in [1.82, 2.24) is 20.2 Å². The first-order valence-corrected chi connectivity index (χ1v) is 7.42. The molecule has 0 aliphatic rings. The fraction of sp³-hybridized carbons (Fsp3) is 0.250. The van der Waals surface area contributed by atoms with Crippen LogP contribution in [0.25, 0.3) is 0 Å². The number of carbonyl (C=O) groups is 1. The maximum atomic E-state index is 12.3. The summed E-state index contributed by atoms with van der Waals surface area (Å²) in [5, 5.41) is 10.7. The van der Waals surface area contributed by atoms with Crippen molar-refractivity contribution in [2.75, 3.05) is 5.32 Å². The lowest BCUT2D eigenvalue weighted by Crippen LogP contribution is -2.17. The minimum absolute atomic E-state index is 0.280. The molecule has 6 nitrogen and oxygen atoms in total. The predicted octanol–water partition coefficient (Wildman–Crippen LogP) is 2.91. The summed E-state index contributed by atoms with van der Waals surface area (Å²) in [5.74, 6) is 0.0758. The van der Waals surface area contributed by atoms with Crippen LogP contribution in [0.2, 0.25) is 0 Å². The Morgan fingerprint density at radius 1 is 1.35 bits per heavy atom. The fourth-order valence-corrected chi connectivity index (χ4v) is 2.49. The van der Waals surface area contributed by atoms with Gasteiger partial charge in [-0.05, 0) is 51.3 Å². The molecule has 2 aromatic rings. The molecule has 0 radical (unpaired) electrons. The number of aromatic nitrogens is 4. The molecule has 0 aliphatic heterocycles. The number of hydrogen-bond donors (Lipinski definition) is 1. The average Bonchev–Trinajstić information content (AvgIpc) is 2.41. The summed E-state index contributed by atoms with van der Waals surface area (Å²) in [6.45, 7) is 3.71. The summed E-state index contributed by atoms with van der Waals surface area (Å²) in [6, 6.07) is 1.71. The number of carbonyl (C=O) groups excluding carboxylic acids is 1. The first kappa shape index (κ1) is 15.0. The summed E-state index contributed by atoms with van der Waals surface area (Å²) in [6.07, 6.45) is 2.14. The second kappa shape index (κ2) is 6.36. The van der Waals surface area contributed by atoms with Gasteiger partial charge in [0.1, 0.15) is 9.21 Å². The van der Waals surface area contributed by atoms with Gasteiger partial charge in [-0.3, -0.25) is 4.79 Å². The van der Waals surface area contributed by atoms with Crippen molar-refractivity contribution in [1.29, 1.82) is 0 Å². The van der Waals surface area contributed by atoms with Gasteiger partial charge in [0.15, 0.2) is 5.82 Å². The zero-order chi connectivity index (χ0) is 14.7. The fourth-order valence-electron chi connectivity index (χ4n) is 1.58. The Labute approximate surface area is 132 Å². The van der Waals surface area contributed by atoms with E-state index in [1.807, 2.05) is 6.92 Å². The smallest absolute Gasteiger partial charge is 0.258 e. The van der Waals surface area contributed by atoms with E-state index in [0.717, 1.165) is 0 Å². The summed E-state index contributed by atoms with van der Waals surface area (Å²) in [5.41, 5.74) is 1.83. The average molecular weight is 401 g/mol. The van der Waals surface area contributed by atoms with Crippen molar-refractivity contribution in [2.24, 2.45) is 0 Å². The van der Waals surface area contributed by atoms with Crippen LogP contribution >= 0.6 is 31.9 Å². The zero-order valence-corrected chi connectivity index (χ0v) is 14.0. The molecule has 0 bridgehead atoms. The van der Waals surface area contributed by atoms with Gasteiger partial charge in [-0.1, -0.05) is 6.92 Å². The highest BCUT2D eigenvalue weighted by molar-refractivity contribution is 9.11. The third kappa shape index (κ3) is 3.37. The lowest BCUT2D eigenvalue weighted by molar-refractivity contribution is 0.102. The molecule has 8 heteroatoms. The van der Waals surface area contributed by atoms with Crippen LogP contribution in [0.5, 0.6) is 0 Å². The molecular formula is C12H11Br2N5O. The van der Waals surface area contributed by atoms with Crippen LogP contribution in [0.4, 0.5) is 5.82 Å². The van der Waals surface area contributed by atoms with E-state index in [2.05, 4.69) is 57.3 Å². The van der Waals surface area contributed by atoms with Gasteiger partial charge in [-0.15, -0.1) is 0 Å². The second-order valence-electron chi connectivity index (χ2n) is 3.99. The van der Waals surface area contributed by atoms with Crippen LogP contribution in [-0.2, 0) is 6.42 Å². The van der Waals surface area contributed by atoms with Crippen molar-refractivity contribution in [3.63, 3.8) is 0 Å². The van der Waals surface area contributed by atoms with Gasteiger partial charge in [0.2, 0.25) is 0 Å². The lowest BCUT2D eigenvalue weighted by atomic mass is 10.1. The van der Waals surface area contributed by atoms with Gasteiger partial charge in [0.25, 0.3) is 5.91 Å². The number of aryl methyl sites for hydroxylation is 2. The van der Waals surface area contributed by atoms with Crippen LogP contribution < -0.4 is 5.32 Å². The highest BCUT2D eigenvalue weighted by Crippen LogP contribution is 2.20.